The molecule has 12 heteroatoms. The third kappa shape index (κ3) is 38.3. The number of phosphoric acid groups is 1. The van der Waals surface area contributed by atoms with Crippen LogP contribution in [0.1, 0.15) is 181 Å². The molecule has 0 radical (unpaired) electrons. The SMILES string of the molecule is CC/C=C/C/C=C/C/C=C/CCCCCCCC(=O)O[C@H](COC(=O)CCCCCCCCCCC/C=C/CCCCCC)COP(=O)(O)OC[C@H](N)C(=O)O. The van der Waals surface area contributed by atoms with Gasteiger partial charge in [-0.05, 0) is 70.6 Å². The summed E-state index contributed by atoms with van der Waals surface area (Å²) in [5.74, 6) is -2.40. The molecule has 4 N–H and O–H groups in total. The number of phosphoric ester groups is 1. The highest BCUT2D eigenvalue weighted by molar-refractivity contribution is 7.47. The molecule has 324 valence electrons. The van der Waals surface area contributed by atoms with E-state index in [1.54, 1.807) is 0 Å². The molecule has 1 unspecified atom stereocenters. The van der Waals surface area contributed by atoms with Gasteiger partial charge in [0.1, 0.15) is 12.6 Å². The fourth-order valence-electron chi connectivity index (χ4n) is 5.66. The van der Waals surface area contributed by atoms with E-state index < -0.39 is 51.1 Å². The van der Waals surface area contributed by atoms with E-state index >= 15 is 0 Å². The van der Waals surface area contributed by atoms with E-state index in [9.17, 15) is 23.8 Å². The Morgan fingerprint density at radius 1 is 0.571 bits per heavy atom. The number of allylic oxidation sites excluding steroid dienone is 8. The molecular formula is C44H78NO10P. The number of rotatable bonds is 40. The Kier molecular flexibility index (Phi) is 37.5. The second kappa shape index (κ2) is 39.3. The van der Waals surface area contributed by atoms with Crippen molar-refractivity contribution in [2.75, 3.05) is 19.8 Å². The molecule has 0 saturated heterocycles. The summed E-state index contributed by atoms with van der Waals surface area (Å²) in [7, 11) is -4.72. The number of carbonyl (C=O) groups excluding carboxylic acids is 2. The molecule has 0 bridgehead atoms. The number of carboxylic acid groups (broad SMARTS) is 1. The Morgan fingerprint density at radius 3 is 1.52 bits per heavy atom. The Labute approximate surface area is 339 Å². The Hall–Kier alpha value is -2.56. The summed E-state index contributed by atoms with van der Waals surface area (Å²) in [4.78, 5) is 45.9. The maximum atomic E-state index is 12.6. The number of hydrogen-bond acceptors (Lipinski definition) is 9. The molecule has 0 fully saturated rings. The molecule has 0 saturated carbocycles. The molecule has 0 aromatic rings. The first-order valence-electron chi connectivity index (χ1n) is 21.7. The fraction of sp³-hybridized carbons (Fsp3) is 0.750. The first kappa shape index (κ1) is 53.4. The van der Waals surface area contributed by atoms with Gasteiger partial charge in [-0.15, -0.1) is 0 Å². The van der Waals surface area contributed by atoms with Crippen LogP contribution in [0.4, 0.5) is 0 Å². The van der Waals surface area contributed by atoms with Gasteiger partial charge in [-0.2, -0.15) is 0 Å². The molecule has 56 heavy (non-hydrogen) atoms. The maximum absolute atomic E-state index is 12.6. The molecule has 0 amide bonds. The van der Waals surface area contributed by atoms with Crippen LogP contribution in [0.15, 0.2) is 48.6 Å². The normalized spacial score (nSPS) is 14.2. The number of aliphatic carboxylic acids is 1. The predicted molar refractivity (Wildman–Crippen MR) is 226 cm³/mol. The molecule has 11 nitrogen and oxygen atoms in total. The lowest BCUT2D eigenvalue weighted by Gasteiger charge is -2.20. The standard InChI is InChI=1S/C44H78NO10P/c1-3-5-7-9-11-13-15-17-19-20-22-23-25-27-29-31-33-35-42(46)52-37-40(38-53-56(50,51)54-39-41(45)44(48)49)55-43(47)36-34-32-30-28-26-24-21-18-16-14-12-10-8-6-4-2/h6,8,12-15,18,21,40-41H,3-5,7,9-11,16-17,19-20,22-39,45H2,1-2H3,(H,48,49)(H,50,51)/b8-6+,14-12+,15-13+,21-18+/t40-,41+/m1/s1. The highest BCUT2D eigenvalue weighted by Gasteiger charge is 2.28. The van der Waals surface area contributed by atoms with Crippen LogP contribution in [0.5, 0.6) is 0 Å². The van der Waals surface area contributed by atoms with Crippen molar-refractivity contribution >= 4 is 25.7 Å². The fourth-order valence-corrected chi connectivity index (χ4v) is 6.44. The average Bonchev–Trinajstić information content (AvgIpc) is 3.17. The molecule has 0 aromatic heterocycles. The summed E-state index contributed by atoms with van der Waals surface area (Å²) in [5.41, 5.74) is 5.33. The van der Waals surface area contributed by atoms with Gasteiger partial charge in [-0.3, -0.25) is 23.4 Å². The van der Waals surface area contributed by atoms with Gasteiger partial charge < -0.3 is 25.2 Å². The minimum absolute atomic E-state index is 0.140. The number of esters is 2. The van der Waals surface area contributed by atoms with Gasteiger partial charge in [0.15, 0.2) is 6.10 Å². The van der Waals surface area contributed by atoms with Crippen LogP contribution in [0, 0.1) is 0 Å². The highest BCUT2D eigenvalue weighted by Crippen LogP contribution is 2.43. The van der Waals surface area contributed by atoms with Gasteiger partial charge in [-0.1, -0.05) is 146 Å². The Balaban J connectivity index is 4.38. The summed E-state index contributed by atoms with van der Waals surface area (Å²) >= 11 is 0. The first-order valence-corrected chi connectivity index (χ1v) is 23.2. The number of hydrogen-bond donors (Lipinski definition) is 3. The van der Waals surface area contributed by atoms with Crippen LogP contribution >= 0.6 is 7.82 Å². The second-order valence-electron chi connectivity index (χ2n) is 14.4. The zero-order valence-corrected chi connectivity index (χ0v) is 35.9. The van der Waals surface area contributed by atoms with Crippen LogP contribution in [0.25, 0.3) is 0 Å². The average molecular weight is 812 g/mol. The van der Waals surface area contributed by atoms with Crippen molar-refractivity contribution in [3.05, 3.63) is 48.6 Å². The predicted octanol–water partition coefficient (Wildman–Crippen LogP) is 11.4. The van der Waals surface area contributed by atoms with Gasteiger partial charge in [0.25, 0.3) is 0 Å². The minimum Gasteiger partial charge on any atom is -0.480 e. The van der Waals surface area contributed by atoms with Crippen molar-refractivity contribution in [2.24, 2.45) is 5.73 Å². The number of nitrogens with two attached hydrogens (primary N) is 1. The number of ether oxygens (including phenoxy) is 2. The van der Waals surface area contributed by atoms with E-state index in [2.05, 4.69) is 67.0 Å². The van der Waals surface area contributed by atoms with E-state index in [1.165, 1.54) is 70.6 Å². The summed E-state index contributed by atoms with van der Waals surface area (Å²) in [6.07, 6.45) is 43.1. The topological polar surface area (TPSA) is 172 Å². The molecule has 0 rings (SSSR count). The van der Waals surface area contributed by atoms with Crippen LogP contribution in [0.3, 0.4) is 0 Å². The summed E-state index contributed by atoms with van der Waals surface area (Å²) in [5, 5.41) is 8.88. The lowest BCUT2D eigenvalue weighted by atomic mass is 10.1. The molecule has 0 spiro atoms. The lowest BCUT2D eigenvalue weighted by molar-refractivity contribution is -0.161. The highest BCUT2D eigenvalue weighted by atomic mass is 31.2. The first-order chi connectivity index (χ1) is 27.1. The third-order valence-electron chi connectivity index (χ3n) is 9.06. The van der Waals surface area contributed by atoms with E-state index in [-0.39, 0.29) is 19.4 Å². The Morgan fingerprint density at radius 2 is 1.00 bits per heavy atom. The van der Waals surface area contributed by atoms with Crippen molar-refractivity contribution in [1.82, 2.24) is 0 Å². The maximum Gasteiger partial charge on any atom is 0.472 e. The van der Waals surface area contributed by atoms with Crippen LogP contribution in [-0.2, 0) is 37.5 Å². The van der Waals surface area contributed by atoms with E-state index in [4.69, 9.17) is 24.8 Å². The quantitative estimate of drug-likeness (QED) is 0.0233. The van der Waals surface area contributed by atoms with Crippen molar-refractivity contribution < 1.29 is 47.5 Å². The molecular weight excluding hydrogens is 733 g/mol. The third-order valence-corrected chi connectivity index (χ3v) is 10.0. The molecule has 0 aliphatic heterocycles. The molecule has 0 aliphatic carbocycles. The van der Waals surface area contributed by atoms with Gasteiger partial charge in [-0.25, -0.2) is 4.57 Å². The zero-order chi connectivity index (χ0) is 41.4. The zero-order valence-electron chi connectivity index (χ0n) is 35.0. The summed E-state index contributed by atoms with van der Waals surface area (Å²) in [6.45, 7) is 2.66. The Bertz CT molecular complexity index is 1140. The van der Waals surface area contributed by atoms with Gasteiger partial charge in [0, 0.05) is 12.8 Å². The number of carbonyl (C=O) groups is 3. The monoisotopic (exact) mass is 812 g/mol. The molecule has 0 aliphatic rings. The lowest BCUT2D eigenvalue weighted by Crippen LogP contribution is -2.34. The molecule has 3 atom stereocenters. The smallest absolute Gasteiger partial charge is 0.472 e. The number of unbranched alkanes of at least 4 members (excludes halogenated alkanes) is 18. The van der Waals surface area contributed by atoms with E-state index in [0.29, 0.717) is 12.8 Å². The van der Waals surface area contributed by atoms with Crippen molar-refractivity contribution in [3.63, 3.8) is 0 Å². The van der Waals surface area contributed by atoms with E-state index in [1.807, 2.05) is 0 Å². The van der Waals surface area contributed by atoms with Crippen LogP contribution in [0.2, 0.25) is 0 Å². The molecule has 0 heterocycles. The largest absolute Gasteiger partial charge is 0.480 e. The summed E-state index contributed by atoms with van der Waals surface area (Å²) < 4.78 is 32.7. The second-order valence-corrected chi connectivity index (χ2v) is 15.9. The van der Waals surface area contributed by atoms with Gasteiger partial charge in [0.05, 0.1) is 13.2 Å². The van der Waals surface area contributed by atoms with Crippen LogP contribution in [-0.4, -0.2) is 59.9 Å². The summed E-state index contributed by atoms with van der Waals surface area (Å²) in [6, 6.07) is -1.53. The minimum atomic E-state index is -4.72. The van der Waals surface area contributed by atoms with Gasteiger partial charge in [0.2, 0.25) is 0 Å². The van der Waals surface area contributed by atoms with Crippen LogP contribution < -0.4 is 5.73 Å². The molecule has 0 aromatic carbocycles. The van der Waals surface area contributed by atoms with Crippen molar-refractivity contribution in [1.29, 1.82) is 0 Å². The number of carboxylic acids is 1. The van der Waals surface area contributed by atoms with E-state index in [0.717, 1.165) is 70.6 Å². The van der Waals surface area contributed by atoms with Crippen molar-refractivity contribution in [3.8, 4) is 0 Å². The van der Waals surface area contributed by atoms with Gasteiger partial charge >= 0.3 is 25.7 Å². The van der Waals surface area contributed by atoms with Crippen molar-refractivity contribution in [2.45, 2.75) is 193 Å².